The van der Waals surface area contributed by atoms with Gasteiger partial charge >= 0.3 is 0 Å². The van der Waals surface area contributed by atoms with Crippen molar-refractivity contribution in [1.29, 1.82) is 0 Å². The molecule has 2 N–H and O–H groups in total. The summed E-state index contributed by atoms with van der Waals surface area (Å²) in [5.41, 5.74) is 8.88. The van der Waals surface area contributed by atoms with Gasteiger partial charge < -0.3 is 15.2 Å². The van der Waals surface area contributed by atoms with Gasteiger partial charge in [-0.25, -0.2) is 0 Å². The minimum Gasteiger partial charge on any atom is -0.497 e. The Kier molecular flexibility index (Phi) is 6.49. The highest BCUT2D eigenvalue weighted by Crippen LogP contribution is 2.29. The van der Waals surface area contributed by atoms with E-state index in [1.165, 1.54) is 11.1 Å². The van der Waals surface area contributed by atoms with E-state index in [1.807, 2.05) is 12.1 Å². The molecule has 5 heteroatoms. The summed E-state index contributed by atoms with van der Waals surface area (Å²) in [4.78, 5) is 2.40. The van der Waals surface area contributed by atoms with Crippen LogP contribution >= 0.6 is 12.4 Å². The van der Waals surface area contributed by atoms with Crippen molar-refractivity contribution in [2.45, 2.75) is 18.5 Å². The molecule has 4 nitrogen and oxygen atoms in total. The first-order chi connectivity index (χ1) is 11.2. The van der Waals surface area contributed by atoms with Crippen LogP contribution in [0.4, 0.5) is 0 Å². The molecule has 1 aliphatic heterocycles. The van der Waals surface area contributed by atoms with Crippen LogP contribution in [-0.4, -0.2) is 38.3 Å². The SMILES string of the molecule is COc1cc(CN2C[C@@H](N)[C@H](c3ccccc3)C2)cc(OC)c1.Cl. The molecule has 1 fully saturated rings. The summed E-state index contributed by atoms with van der Waals surface area (Å²) in [5.74, 6) is 2.04. The molecular weight excluding hydrogens is 324 g/mol. The molecule has 1 saturated heterocycles. The first-order valence-corrected chi connectivity index (χ1v) is 7.94. The van der Waals surface area contributed by atoms with Gasteiger partial charge in [0.25, 0.3) is 0 Å². The number of benzene rings is 2. The first kappa shape index (κ1) is 18.6. The Hall–Kier alpha value is -1.75. The van der Waals surface area contributed by atoms with Gasteiger partial charge in [0.15, 0.2) is 0 Å². The van der Waals surface area contributed by atoms with Crippen LogP contribution in [0.15, 0.2) is 48.5 Å². The maximum Gasteiger partial charge on any atom is 0.122 e. The Bertz CT molecular complexity index is 629. The van der Waals surface area contributed by atoms with Gasteiger partial charge in [-0.3, -0.25) is 4.90 Å². The molecule has 1 heterocycles. The van der Waals surface area contributed by atoms with Gasteiger partial charge in [-0.1, -0.05) is 30.3 Å². The molecule has 0 aliphatic carbocycles. The number of rotatable bonds is 5. The zero-order valence-corrected chi connectivity index (χ0v) is 15.0. The van der Waals surface area contributed by atoms with Crippen molar-refractivity contribution in [2.75, 3.05) is 27.3 Å². The van der Waals surface area contributed by atoms with Crippen molar-refractivity contribution in [2.24, 2.45) is 5.73 Å². The lowest BCUT2D eigenvalue weighted by Gasteiger charge is -2.17. The summed E-state index contributed by atoms with van der Waals surface area (Å²) in [6, 6.07) is 16.7. The van der Waals surface area contributed by atoms with Gasteiger partial charge in [0.1, 0.15) is 11.5 Å². The second kappa shape index (κ2) is 8.38. The molecule has 1 aliphatic rings. The van der Waals surface area contributed by atoms with Gasteiger partial charge in [-0.2, -0.15) is 0 Å². The second-order valence-electron chi connectivity index (χ2n) is 6.10. The van der Waals surface area contributed by atoms with Crippen LogP contribution < -0.4 is 15.2 Å². The fourth-order valence-corrected chi connectivity index (χ4v) is 3.31. The lowest BCUT2D eigenvalue weighted by molar-refractivity contribution is 0.321. The lowest BCUT2D eigenvalue weighted by atomic mass is 9.95. The predicted octanol–water partition coefficient (Wildman–Crippen LogP) is 3.05. The summed E-state index contributed by atoms with van der Waals surface area (Å²) in [7, 11) is 3.35. The van der Waals surface area contributed by atoms with E-state index in [-0.39, 0.29) is 18.4 Å². The maximum atomic E-state index is 6.38. The van der Waals surface area contributed by atoms with Gasteiger partial charge in [0, 0.05) is 37.7 Å². The van der Waals surface area contributed by atoms with E-state index in [0.29, 0.717) is 5.92 Å². The van der Waals surface area contributed by atoms with Crippen molar-refractivity contribution >= 4 is 12.4 Å². The molecule has 0 amide bonds. The Morgan fingerprint density at radius 1 is 1.00 bits per heavy atom. The third kappa shape index (κ3) is 4.20. The van der Waals surface area contributed by atoms with E-state index in [2.05, 4.69) is 41.3 Å². The average molecular weight is 349 g/mol. The molecule has 0 radical (unpaired) electrons. The third-order valence-electron chi connectivity index (χ3n) is 4.49. The van der Waals surface area contributed by atoms with Crippen molar-refractivity contribution in [1.82, 2.24) is 4.90 Å². The standard InChI is InChI=1S/C19H24N2O2.ClH/c1-22-16-8-14(9-17(10-16)23-2)11-21-12-18(19(20)13-21)15-6-4-3-5-7-15;/h3-10,18-19H,11-13,20H2,1-2H3;1H/t18-,19+;/m0./s1. The fraction of sp³-hybridized carbons (Fsp3) is 0.368. The quantitative estimate of drug-likeness (QED) is 0.902. The number of methoxy groups -OCH3 is 2. The summed E-state index contributed by atoms with van der Waals surface area (Å²) in [6.45, 7) is 2.73. The number of likely N-dealkylation sites (tertiary alicyclic amines) is 1. The molecular formula is C19H25ClN2O2. The van der Waals surface area contributed by atoms with E-state index in [1.54, 1.807) is 14.2 Å². The van der Waals surface area contributed by atoms with Crippen molar-refractivity contribution < 1.29 is 9.47 Å². The van der Waals surface area contributed by atoms with Gasteiger partial charge in [0.05, 0.1) is 14.2 Å². The fourth-order valence-electron chi connectivity index (χ4n) is 3.31. The molecule has 0 aromatic heterocycles. The summed E-state index contributed by atoms with van der Waals surface area (Å²) in [5, 5.41) is 0. The summed E-state index contributed by atoms with van der Waals surface area (Å²) < 4.78 is 10.7. The number of nitrogens with two attached hydrogens (primary N) is 1. The Labute approximate surface area is 150 Å². The zero-order valence-electron chi connectivity index (χ0n) is 14.1. The number of ether oxygens (including phenoxy) is 2. The summed E-state index contributed by atoms with van der Waals surface area (Å²) >= 11 is 0. The van der Waals surface area contributed by atoms with Crippen LogP contribution in [0.2, 0.25) is 0 Å². The minimum atomic E-state index is 0. The number of nitrogens with zero attached hydrogens (tertiary/aromatic N) is 1. The van der Waals surface area contributed by atoms with E-state index in [0.717, 1.165) is 31.1 Å². The third-order valence-corrected chi connectivity index (χ3v) is 4.49. The summed E-state index contributed by atoms with van der Waals surface area (Å²) in [6.07, 6.45) is 0. The highest BCUT2D eigenvalue weighted by molar-refractivity contribution is 5.85. The molecule has 0 saturated carbocycles. The number of hydrogen-bond donors (Lipinski definition) is 1. The smallest absolute Gasteiger partial charge is 0.122 e. The molecule has 2 atom stereocenters. The molecule has 24 heavy (non-hydrogen) atoms. The molecule has 3 rings (SSSR count). The van der Waals surface area contributed by atoms with Gasteiger partial charge in [-0.15, -0.1) is 12.4 Å². The molecule has 130 valence electrons. The molecule has 2 aromatic rings. The maximum absolute atomic E-state index is 6.38. The topological polar surface area (TPSA) is 47.7 Å². The first-order valence-electron chi connectivity index (χ1n) is 7.94. The predicted molar refractivity (Wildman–Crippen MR) is 99.2 cm³/mol. The van der Waals surface area contributed by atoms with Crippen LogP contribution in [-0.2, 0) is 6.54 Å². The van der Waals surface area contributed by atoms with Crippen LogP contribution in [0, 0.1) is 0 Å². The Morgan fingerprint density at radius 2 is 1.62 bits per heavy atom. The molecule has 0 bridgehead atoms. The highest BCUT2D eigenvalue weighted by Gasteiger charge is 2.31. The zero-order chi connectivity index (χ0) is 16.2. The highest BCUT2D eigenvalue weighted by atomic mass is 35.5. The van der Waals surface area contributed by atoms with E-state index < -0.39 is 0 Å². The molecule has 2 aromatic carbocycles. The number of halogens is 1. The average Bonchev–Trinajstić information content (AvgIpc) is 2.95. The van der Waals surface area contributed by atoms with Crippen molar-refractivity contribution in [3.05, 3.63) is 59.7 Å². The van der Waals surface area contributed by atoms with Crippen LogP contribution in [0.1, 0.15) is 17.0 Å². The monoisotopic (exact) mass is 348 g/mol. The normalized spacial score (nSPS) is 20.5. The number of hydrogen-bond acceptors (Lipinski definition) is 4. The molecule has 0 unspecified atom stereocenters. The van der Waals surface area contributed by atoms with E-state index >= 15 is 0 Å². The largest absolute Gasteiger partial charge is 0.497 e. The van der Waals surface area contributed by atoms with Gasteiger partial charge in [-0.05, 0) is 23.3 Å². The second-order valence-corrected chi connectivity index (χ2v) is 6.10. The van der Waals surface area contributed by atoms with Crippen LogP contribution in [0.25, 0.3) is 0 Å². The lowest BCUT2D eigenvalue weighted by Crippen LogP contribution is -2.28. The van der Waals surface area contributed by atoms with Crippen LogP contribution in [0.3, 0.4) is 0 Å². The van der Waals surface area contributed by atoms with Crippen molar-refractivity contribution in [3.8, 4) is 11.5 Å². The van der Waals surface area contributed by atoms with Crippen molar-refractivity contribution in [3.63, 3.8) is 0 Å². The van der Waals surface area contributed by atoms with Gasteiger partial charge in [0.2, 0.25) is 0 Å². The molecule has 0 spiro atoms. The van der Waals surface area contributed by atoms with E-state index in [9.17, 15) is 0 Å². The Morgan fingerprint density at radius 3 is 2.21 bits per heavy atom. The van der Waals surface area contributed by atoms with E-state index in [4.69, 9.17) is 15.2 Å². The Balaban J connectivity index is 0.00000208. The minimum absolute atomic E-state index is 0. The van der Waals surface area contributed by atoms with Crippen LogP contribution in [0.5, 0.6) is 11.5 Å².